The first-order chi connectivity index (χ1) is 13.6. The van der Waals surface area contributed by atoms with Crippen LogP contribution in [0.2, 0.25) is 0 Å². The second kappa shape index (κ2) is 8.60. The molecule has 3 heterocycles. The monoisotopic (exact) mass is 425 g/mol. The van der Waals surface area contributed by atoms with Crippen LogP contribution in [-0.2, 0) is 4.74 Å². The zero-order valence-electron chi connectivity index (χ0n) is 17.5. The Labute approximate surface area is 171 Å². The zero-order valence-corrected chi connectivity index (χ0v) is 18.4. The van der Waals surface area contributed by atoms with Crippen LogP contribution in [0.4, 0.5) is 5.95 Å². The lowest BCUT2D eigenvalue weighted by Crippen LogP contribution is -2.36. The molecule has 10 heteroatoms. The summed E-state index contributed by atoms with van der Waals surface area (Å²) in [5, 5.41) is 21.3. The van der Waals surface area contributed by atoms with Crippen LogP contribution in [-0.4, -0.2) is 80.4 Å². The molecule has 29 heavy (non-hydrogen) atoms. The van der Waals surface area contributed by atoms with Crippen LogP contribution in [0, 0.1) is 5.92 Å². The van der Waals surface area contributed by atoms with Gasteiger partial charge in [-0.1, -0.05) is 20.3 Å². The third-order valence-electron chi connectivity index (χ3n) is 5.04. The van der Waals surface area contributed by atoms with Crippen LogP contribution < -0.4 is 10.5 Å². The van der Waals surface area contributed by atoms with Gasteiger partial charge in [-0.25, -0.2) is 4.98 Å². The molecule has 5 atom stereocenters. The van der Waals surface area contributed by atoms with E-state index in [1.807, 2.05) is 6.92 Å². The van der Waals surface area contributed by atoms with Crippen LogP contribution in [0.15, 0.2) is 6.33 Å². The molecule has 9 nitrogen and oxygen atoms in total. The number of nitrogen functional groups attached to an aromatic ring is 1. The van der Waals surface area contributed by atoms with Gasteiger partial charge in [-0.05, 0) is 31.8 Å². The molecule has 0 bridgehead atoms. The Morgan fingerprint density at radius 2 is 2.07 bits per heavy atom. The summed E-state index contributed by atoms with van der Waals surface area (Å²) in [6.07, 6.45) is 5.00. The van der Waals surface area contributed by atoms with E-state index in [1.54, 1.807) is 4.57 Å². The molecular formula is C19H32N5O4P. The molecule has 0 amide bonds. The van der Waals surface area contributed by atoms with Crippen LogP contribution in [0.1, 0.15) is 32.9 Å². The Kier molecular flexibility index (Phi) is 6.53. The van der Waals surface area contributed by atoms with E-state index in [9.17, 15) is 10.2 Å². The van der Waals surface area contributed by atoms with Gasteiger partial charge in [0, 0.05) is 0 Å². The zero-order chi connectivity index (χ0) is 21.3. The molecule has 0 aliphatic carbocycles. The van der Waals surface area contributed by atoms with Gasteiger partial charge in [0.05, 0.1) is 19.0 Å². The van der Waals surface area contributed by atoms with Gasteiger partial charge < -0.3 is 25.4 Å². The van der Waals surface area contributed by atoms with Crippen molar-refractivity contribution >= 4 is 30.3 Å². The fourth-order valence-corrected chi connectivity index (χ4v) is 5.54. The maximum absolute atomic E-state index is 10.7. The Hall–Kier alpha value is -1.67. The number of anilines is 1. The summed E-state index contributed by atoms with van der Waals surface area (Å²) < 4.78 is 13.4. The van der Waals surface area contributed by atoms with Gasteiger partial charge in [0.2, 0.25) is 11.8 Å². The lowest BCUT2D eigenvalue weighted by molar-refractivity contribution is -0.0487. The summed E-state index contributed by atoms with van der Waals surface area (Å²) in [4.78, 5) is 12.8. The topological polar surface area (TPSA) is 129 Å². The minimum absolute atomic E-state index is 0.0484. The molecule has 0 spiro atoms. The fourth-order valence-electron chi connectivity index (χ4n) is 3.78. The third kappa shape index (κ3) is 4.74. The minimum atomic E-state index is -1.31. The van der Waals surface area contributed by atoms with Crippen molar-refractivity contribution in [2.45, 2.75) is 51.2 Å². The van der Waals surface area contributed by atoms with Crippen LogP contribution in [0.25, 0.3) is 11.2 Å². The lowest BCUT2D eigenvalue weighted by Gasteiger charge is -2.26. The first-order valence-corrected chi connectivity index (χ1v) is 13.0. The van der Waals surface area contributed by atoms with E-state index in [4.69, 9.17) is 15.2 Å². The number of rotatable bonds is 8. The highest BCUT2D eigenvalue weighted by Crippen LogP contribution is 2.42. The largest absolute Gasteiger partial charge is 0.476 e. The summed E-state index contributed by atoms with van der Waals surface area (Å²) in [5.74, 6) is 0.404. The number of aromatic nitrogens is 4. The normalized spacial score (nSPS) is 26.1. The van der Waals surface area contributed by atoms with Crippen molar-refractivity contribution in [3.63, 3.8) is 0 Å². The van der Waals surface area contributed by atoms with Crippen molar-refractivity contribution in [2.75, 3.05) is 31.8 Å². The summed E-state index contributed by atoms with van der Waals surface area (Å²) >= 11 is 0. The molecule has 2 aromatic heterocycles. The number of hydrogen-bond donors (Lipinski definition) is 3. The maximum atomic E-state index is 10.7. The molecule has 3 rings (SSSR count). The van der Waals surface area contributed by atoms with Gasteiger partial charge in [0.15, 0.2) is 17.4 Å². The highest BCUT2D eigenvalue weighted by molar-refractivity contribution is 7.72. The van der Waals surface area contributed by atoms with Crippen molar-refractivity contribution in [1.82, 2.24) is 19.5 Å². The molecule has 4 N–H and O–H groups in total. The van der Waals surface area contributed by atoms with Crippen molar-refractivity contribution in [3.8, 4) is 5.88 Å². The first-order valence-electron chi connectivity index (χ1n) is 9.94. The number of aliphatic hydroxyl groups is 2. The van der Waals surface area contributed by atoms with Gasteiger partial charge in [-0.2, -0.15) is 9.97 Å². The number of ether oxygens (including phenoxy) is 2. The highest BCUT2D eigenvalue weighted by Gasteiger charge is 2.46. The summed E-state index contributed by atoms with van der Waals surface area (Å²) in [6.45, 7) is 7.56. The Morgan fingerprint density at radius 1 is 1.34 bits per heavy atom. The second-order valence-corrected chi connectivity index (χ2v) is 12.7. The number of unbranched alkanes of at least 4 members (excludes halogenated alkanes) is 1. The van der Waals surface area contributed by atoms with E-state index in [0.29, 0.717) is 23.7 Å². The van der Waals surface area contributed by atoms with E-state index in [0.717, 1.165) is 19.0 Å². The van der Waals surface area contributed by atoms with E-state index in [-0.39, 0.29) is 11.9 Å². The van der Waals surface area contributed by atoms with Gasteiger partial charge in [-0.3, -0.25) is 4.57 Å². The van der Waals surface area contributed by atoms with Gasteiger partial charge in [0.1, 0.15) is 12.2 Å². The summed E-state index contributed by atoms with van der Waals surface area (Å²) in [6, 6.07) is 0. The Morgan fingerprint density at radius 3 is 2.72 bits per heavy atom. The molecule has 1 fully saturated rings. The Bertz CT molecular complexity index is 898. The molecule has 162 valence electrons. The number of hydrogen-bond acceptors (Lipinski definition) is 8. The summed E-state index contributed by atoms with van der Waals surface area (Å²) in [5.41, 5.74) is 6.71. The second-order valence-electron chi connectivity index (χ2n) is 8.48. The van der Waals surface area contributed by atoms with E-state index < -0.39 is 31.4 Å². The first kappa shape index (κ1) is 22.0. The van der Waals surface area contributed by atoms with E-state index in [1.165, 1.54) is 6.33 Å². The number of nitrogens with zero attached hydrogens (tertiary/aromatic N) is 4. The van der Waals surface area contributed by atoms with Crippen LogP contribution >= 0.6 is 6.89 Å². The van der Waals surface area contributed by atoms with Crippen molar-refractivity contribution in [2.24, 2.45) is 5.92 Å². The van der Waals surface area contributed by atoms with Gasteiger partial charge in [0.25, 0.3) is 0 Å². The molecule has 2 aromatic rings. The van der Waals surface area contributed by atoms with Crippen LogP contribution in [0.3, 0.4) is 0 Å². The quantitative estimate of drug-likeness (QED) is 0.429. The predicted molar refractivity (Wildman–Crippen MR) is 116 cm³/mol. The number of fused-ring (bicyclic) bond motifs is 1. The predicted octanol–water partition coefficient (Wildman–Crippen LogP) is 1.55. The van der Waals surface area contributed by atoms with Crippen molar-refractivity contribution in [3.05, 3.63) is 6.33 Å². The molecule has 1 aliphatic rings. The third-order valence-corrected chi connectivity index (χ3v) is 6.60. The molecule has 0 aromatic carbocycles. The summed E-state index contributed by atoms with van der Waals surface area (Å²) in [7, 11) is 0. The van der Waals surface area contributed by atoms with Gasteiger partial charge >= 0.3 is 0 Å². The van der Waals surface area contributed by atoms with E-state index in [2.05, 4.69) is 41.5 Å². The highest BCUT2D eigenvalue weighted by atomic mass is 31.2. The molecule has 0 saturated carbocycles. The standard InChI is InChI=1S/C19H32N5O4P/c1-6-7-8-27-17-12-16(22-19(20)23-17)24(10-21-12)18-14(26)13(25)15(28-18)11(2)9-29(3,4)5/h10-11,13-15,18,25-26H,3,6-9H2,1-2,4-5H3,(H2,20,22,23)/t11?,13-,14+,15+,18+/m0/s1. The maximum Gasteiger partial charge on any atom is 0.247 e. The lowest BCUT2D eigenvalue weighted by atomic mass is 10.0. The molecule has 1 saturated heterocycles. The Balaban J connectivity index is 1.89. The molecule has 0 radical (unpaired) electrons. The number of imidazole rings is 1. The average Bonchev–Trinajstić information content (AvgIpc) is 3.15. The minimum Gasteiger partial charge on any atom is -0.476 e. The molecule has 1 aliphatic heterocycles. The van der Waals surface area contributed by atoms with Crippen LogP contribution in [0.5, 0.6) is 5.88 Å². The smallest absolute Gasteiger partial charge is 0.247 e. The van der Waals surface area contributed by atoms with Gasteiger partial charge in [-0.15, -0.1) is 13.2 Å². The van der Waals surface area contributed by atoms with Crippen molar-refractivity contribution in [1.29, 1.82) is 0 Å². The van der Waals surface area contributed by atoms with Crippen molar-refractivity contribution < 1.29 is 19.7 Å². The number of aliphatic hydroxyl groups excluding tert-OH is 2. The average molecular weight is 425 g/mol. The SMILES string of the molecule is C=P(C)(C)CC(C)[C@H]1O[C@@H](n2cnc3c(OCCCC)nc(N)nc32)[C@H](O)[C@@H]1O. The molecular weight excluding hydrogens is 393 g/mol. The molecule has 1 unspecified atom stereocenters. The number of nitrogens with two attached hydrogens (primary N) is 1. The fraction of sp³-hybridized carbons (Fsp3) is 0.684. The van der Waals surface area contributed by atoms with E-state index >= 15 is 0 Å².